The van der Waals surface area contributed by atoms with Crippen molar-refractivity contribution >= 4 is 10.9 Å². The average Bonchev–Trinajstić information content (AvgIpc) is 2.69. The summed E-state index contributed by atoms with van der Waals surface area (Å²) in [7, 11) is 0. The third-order valence-electron chi connectivity index (χ3n) is 2.12. The number of nitrogens with one attached hydrogen (secondary N) is 1. The van der Waals surface area contributed by atoms with E-state index in [2.05, 4.69) is 36.2 Å². The first-order chi connectivity index (χ1) is 6.81. The van der Waals surface area contributed by atoms with E-state index in [1.165, 1.54) is 16.5 Å². The second kappa shape index (κ2) is 5.43. The van der Waals surface area contributed by atoms with Gasteiger partial charge in [-0.05, 0) is 5.52 Å². The summed E-state index contributed by atoms with van der Waals surface area (Å²) >= 11 is 0. The number of aromatic amines is 1. The van der Waals surface area contributed by atoms with E-state index in [4.69, 9.17) is 0 Å². The summed E-state index contributed by atoms with van der Waals surface area (Å²) in [5.41, 5.74) is 3.53. The molecule has 2 rings (SSSR count). The first kappa shape index (κ1) is 12.7. The minimum Gasteiger partial charge on any atom is -0.303 e. The van der Waals surface area contributed by atoms with Crippen molar-refractivity contribution in [2.24, 2.45) is 0 Å². The Morgan fingerprint density at radius 1 is 1.40 bits per heavy atom. The zero-order chi connectivity index (χ0) is 10.6. The number of nitrogens with zero attached hydrogens (tertiary/aromatic N) is 1. The fourth-order valence-corrected chi connectivity index (χ4v) is 1.41. The van der Waals surface area contributed by atoms with Crippen molar-refractivity contribution < 1.29 is 0 Å². The van der Waals surface area contributed by atoms with Crippen molar-refractivity contribution in [1.82, 2.24) is 10.2 Å². The molecule has 2 nitrogen and oxygen atoms in total. The molecule has 0 saturated carbocycles. The van der Waals surface area contributed by atoms with Crippen LogP contribution in [-0.4, -0.2) is 10.2 Å². The van der Waals surface area contributed by atoms with Gasteiger partial charge in [0.05, 0.1) is 0 Å². The van der Waals surface area contributed by atoms with Gasteiger partial charge < -0.3 is 5.10 Å². The molecule has 0 bridgehead atoms. The maximum Gasteiger partial charge on any atom is 0.00134 e. The molecule has 15 heavy (non-hydrogen) atoms. The summed E-state index contributed by atoms with van der Waals surface area (Å²) in [6.07, 6.45) is 2.87. The first-order valence-electron chi connectivity index (χ1n) is 5.16. The summed E-state index contributed by atoms with van der Waals surface area (Å²) in [6.45, 7) is 8.20. The first-order valence-corrected chi connectivity index (χ1v) is 5.16. The summed E-state index contributed by atoms with van der Waals surface area (Å²) < 4.78 is 0. The Labute approximate surface area is 85.3 Å². The van der Waals surface area contributed by atoms with Crippen LogP contribution in [0.5, 0.6) is 0 Å². The molecular weight excluding hydrogens is 419 g/mol. The van der Waals surface area contributed by atoms with Gasteiger partial charge in [0.25, 0.3) is 0 Å². The Balaban J connectivity index is 0.000000617. The maximum atomic E-state index is 3.99. The van der Waals surface area contributed by atoms with E-state index in [1.54, 1.807) is 0 Å². The van der Waals surface area contributed by atoms with Crippen LogP contribution in [0.1, 0.15) is 31.9 Å². The zero-order valence-corrected chi connectivity index (χ0v) is 12.6. The van der Waals surface area contributed by atoms with Gasteiger partial charge in [-0.2, -0.15) is 22.3 Å². The minimum atomic E-state index is 0. The number of benzene rings is 1. The van der Waals surface area contributed by atoms with Crippen molar-refractivity contribution in [2.45, 2.75) is 34.1 Å². The average molecular weight is 436 g/mol. The van der Waals surface area contributed by atoms with Crippen molar-refractivity contribution in [3.8, 4) is 0 Å². The van der Waals surface area contributed by atoms with Gasteiger partial charge in [0.1, 0.15) is 0 Å². The van der Waals surface area contributed by atoms with E-state index in [-0.39, 0.29) is 0 Å². The molecule has 0 amide bonds. The van der Waals surface area contributed by atoms with Crippen molar-refractivity contribution in [1.29, 1.82) is 0 Å². The Morgan fingerprint density at radius 3 is 2.67 bits per heavy atom. The number of aromatic nitrogens is 2. The third kappa shape index (κ3) is 2.33. The summed E-state index contributed by atoms with van der Waals surface area (Å²) in [4.78, 5) is 0. The minimum absolute atomic E-state index is 0. The molecule has 0 radical (unpaired) electrons. The summed E-state index contributed by atoms with van der Waals surface area (Å²) in [5.74, 6) is 0. The van der Waals surface area contributed by atoms with Crippen molar-refractivity contribution in [3.05, 3.63) is 29.5 Å². The largest absolute Gasteiger partial charge is 0.303 e. The van der Waals surface area contributed by atoms with Gasteiger partial charge in [-0.25, -0.2) is 0 Å². The van der Waals surface area contributed by atoms with Crippen LogP contribution in [0.4, 0.5) is 0 Å². The van der Waals surface area contributed by atoms with Crippen LogP contribution >= 0.6 is 0 Å². The predicted molar refractivity (Wildman–Crippen MR) is 60.4 cm³/mol. The molecule has 84 valence electrons. The molecule has 1 aromatic carbocycles. The standard InChI is InChI=1S/C10H11N2.C2H6.Cm/c1-3-8-4-7(2)9-6-11-12-10(9)5-8;1-2;/h5-6H,3H2,1-2H3,(H,11,12);1-2H3;/q-1;;. The fourth-order valence-electron chi connectivity index (χ4n) is 1.41. The Bertz CT molecular complexity index is 407. The van der Waals surface area contributed by atoms with E-state index >= 15 is 0 Å². The molecule has 0 aliphatic rings. The molecule has 2 aromatic rings. The van der Waals surface area contributed by atoms with Crippen LogP contribution in [0.15, 0.2) is 12.3 Å². The van der Waals surface area contributed by atoms with Gasteiger partial charge in [0.2, 0.25) is 0 Å². The summed E-state index contributed by atoms with van der Waals surface area (Å²) in [6, 6.07) is 5.43. The predicted octanol–water partition coefficient (Wildman–Crippen LogP) is 3.26. The molecule has 0 aliphatic carbocycles. The van der Waals surface area contributed by atoms with Crippen LogP contribution in [0.3, 0.4) is 0 Å². The Hall–Kier alpha value is -2.31. The molecule has 1 N–H and O–H groups in total. The normalized spacial score (nSPS) is 9.07. The molecule has 1 heterocycles. The van der Waals surface area contributed by atoms with Gasteiger partial charge in [-0.1, -0.05) is 39.5 Å². The third-order valence-corrected chi connectivity index (χ3v) is 2.12. The monoisotopic (exact) mass is 432 g/mol. The van der Waals surface area contributed by atoms with Crippen LogP contribution in [0.25, 0.3) is 10.9 Å². The molecule has 0 atom stereocenters. The molecule has 0 spiro atoms. The number of hydrogen-bond donors (Lipinski definition) is 1. The van der Waals surface area contributed by atoms with Gasteiger partial charge in [0.15, 0.2) is 0 Å². The molecule has 1 aromatic heterocycles. The van der Waals surface area contributed by atoms with E-state index in [9.17, 15) is 0 Å². The van der Waals surface area contributed by atoms with Crippen LogP contribution in [0.2, 0.25) is 0 Å². The number of H-pyrrole nitrogens is 1. The smallest absolute Gasteiger partial charge is 0.00134 e. The topological polar surface area (TPSA) is 28.7 Å². The van der Waals surface area contributed by atoms with E-state index < -0.39 is 0 Å². The van der Waals surface area contributed by atoms with E-state index in [0.29, 0.717) is 0 Å². The molecular formula is C12H17CmN2-. The maximum absolute atomic E-state index is 3.99. The molecule has 0 aliphatic heterocycles. The SMILES string of the molecule is CC.CCc1[c-]c(C)c2cn[nH]c2c1.[Cm]. The van der Waals surface area contributed by atoms with Gasteiger partial charge >= 0.3 is 0 Å². The van der Waals surface area contributed by atoms with Crippen molar-refractivity contribution in [3.63, 3.8) is 0 Å². The van der Waals surface area contributed by atoms with Gasteiger partial charge in [-0.15, -0.1) is 6.07 Å². The molecule has 3 heteroatoms. The van der Waals surface area contributed by atoms with Crippen LogP contribution in [0, 0.1) is 13.0 Å². The van der Waals surface area contributed by atoms with E-state index in [0.717, 1.165) is 11.9 Å². The second-order valence-electron chi connectivity index (χ2n) is 2.97. The molecule has 0 unspecified atom stereocenters. The van der Waals surface area contributed by atoms with Gasteiger partial charge in [-0.3, -0.25) is 0 Å². The fraction of sp³-hybridized carbons (Fsp3) is 0.417. The Kier molecular flexibility index (Phi) is 4.59. The molecule has 0 fully saturated rings. The number of fused-ring (bicyclic) bond motifs is 1. The summed E-state index contributed by atoms with van der Waals surface area (Å²) in [5, 5.41) is 8.13. The number of aryl methyl sites for hydroxylation is 2. The van der Waals surface area contributed by atoms with Crippen LogP contribution in [-0.2, 0) is 6.42 Å². The quantitative estimate of drug-likeness (QED) is 0.684. The number of rotatable bonds is 1. The Morgan fingerprint density at radius 2 is 2.07 bits per heavy atom. The van der Waals surface area contributed by atoms with Crippen LogP contribution < -0.4 is 0 Å². The zero-order valence-electron chi connectivity index (χ0n) is 9.66. The van der Waals surface area contributed by atoms with Crippen molar-refractivity contribution in [2.75, 3.05) is 0 Å². The number of hydrogen-bond acceptors (Lipinski definition) is 1. The van der Waals surface area contributed by atoms with Gasteiger partial charge in [0, 0.05) is 6.20 Å². The van der Waals surface area contributed by atoms with E-state index in [1.807, 2.05) is 20.0 Å². The second-order valence-corrected chi connectivity index (χ2v) is 2.97. The molecule has 0 saturated heterocycles.